The van der Waals surface area contributed by atoms with Crippen molar-refractivity contribution in [2.45, 2.75) is 38.3 Å². The molecule has 1 saturated heterocycles. The minimum Gasteiger partial charge on any atom is -0.314 e. The van der Waals surface area contributed by atoms with Crippen LogP contribution in [0.15, 0.2) is 0 Å². The van der Waals surface area contributed by atoms with Gasteiger partial charge in [-0.15, -0.1) is 0 Å². The van der Waals surface area contributed by atoms with Crippen molar-refractivity contribution in [3.8, 4) is 0 Å². The molecular weight excluding hydrogens is 186 g/mol. The van der Waals surface area contributed by atoms with Crippen LogP contribution in [0.5, 0.6) is 0 Å². The van der Waals surface area contributed by atoms with Crippen molar-refractivity contribution in [1.29, 1.82) is 0 Å². The predicted molar refractivity (Wildman–Crippen MR) is 66.3 cm³/mol. The second kappa shape index (κ2) is 6.46. The van der Waals surface area contributed by atoms with Gasteiger partial charge < -0.3 is 15.1 Å². The maximum absolute atomic E-state index is 3.51. The van der Waals surface area contributed by atoms with Gasteiger partial charge in [-0.1, -0.05) is 0 Å². The van der Waals surface area contributed by atoms with Crippen LogP contribution in [-0.4, -0.2) is 62.7 Å². The predicted octanol–water partition coefficient (Wildman–Crippen LogP) is 1.01. The summed E-state index contributed by atoms with van der Waals surface area (Å²) in [5.41, 5.74) is 0. The van der Waals surface area contributed by atoms with E-state index in [1.807, 2.05) is 0 Å². The number of nitrogens with zero attached hydrogens (tertiary/aromatic N) is 2. The zero-order chi connectivity index (χ0) is 11.3. The molecule has 3 heteroatoms. The number of hydrogen-bond acceptors (Lipinski definition) is 3. The van der Waals surface area contributed by atoms with Crippen molar-refractivity contribution in [1.82, 2.24) is 15.1 Å². The van der Waals surface area contributed by atoms with Gasteiger partial charge in [-0.2, -0.15) is 0 Å². The summed E-state index contributed by atoms with van der Waals surface area (Å²) in [7, 11) is 6.57. The summed E-state index contributed by atoms with van der Waals surface area (Å²) in [4.78, 5) is 4.81. The lowest BCUT2D eigenvalue weighted by molar-refractivity contribution is 0.173. The molecule has 0 aromatic carbocycles. The molecule has 0 radical (unpaired) electrons. The molecule has 0 aromatic rings. The Morgan fingerprint density at radius 1 is 1.20 bits per heavy atom. The first-order chi connectivity index (χ1) is 7.09. The monoisotopic (exact) mass is 213 g/mol. The minimum atomic E-state index is 0.694. The molecule has 3 nitrogen and oxygen atoms in total. The van der Waals surface area contributed by atoms with Crippen LogP contribution in [-0.2, 0) is 0 Å². The Bertz CT molecular complexity index is 170. The molecule has 0 aliphatic carbocycles. The Hall–Kier alpha value is -0.120. The highest BCUT2D eigenvalue weighted by Crippen LogP contribution is 2.14. The third-order valence-electron chi connectivity index (χ3n) is 3.34. The van der Waals surface area contributed by atoms with Gasteiger partial charge in [-0.05, 0) is 67.0 Å². The van der Waals surface area contributed by atoms with Crippen LogP contribution < -0.4 is 5.32 Å². The zero-order valence-electron chi connectivity index (χ0n) is 10.8. The third kappa shape index (κ3) is 4.96. The molecule has 2 unspecified atom stereocenters. The van der Waals surface area contributed by atoms with Crippen molar-refractivity contribution < 1.29 is 0 Å². The van der Waals surface area contributed by atoms with Gasteiger partial charge in [0.15, 0.2) is 0 Å². The van der Waals surface area contributed by atoms with Crippen LogP contribution in [0.25, 0.3) is 0 Å². The topological polar surface area (TPSA) is 18.5 Å². The lowest BCUT2D eigenvalue weighted by Crippen LogP contribution is -2.45. The van der Waals surface area contributed by atoms with Gasteiger partial charge in [-0.25, -0.2) is 0 Å². The summed E-state index contributed by atoms with van der Waals surface area (Å²) >= 11 is 0. The van der Waals surface area contributed by atoms with E-state index in [1.165, 1.54) is 38.9 Å². The van der Waals surface area contributed by atoms with Crippen LogP contribution in [0.4, 0.5) is 0 Å². The lowest BCUT2D eigenvalue weighted by Gasteiger charge is -2.35. The molecule has 1 aliphatic rings. The van der Waals surface area contributed by atoms with Crippen molar-refractivity contribution in [2.75, 3.05) is 40.8 Å². The van der Waals surface area contributed by atoms with E-state index in [-0.39, 0.29) is 0 Å². The van der Waals surface area contributed by atoms with Crippen LogP contribution in [0.2, 0.25) is 0 Å². The summed E-state index contributed by atoms with van der Waals surface area (Å²) < 4.78 is 0. The number of piperidine rings is 1. The molecule has 1 aliphatic heterocycles. The summed E-state index contributed by atoms with van der Waals surface area (Å²) in [6, 6.07) is 1.49. The number of rotatable bonds is 5. The van der Waals surface area contributed by atoms with Gasteiger partial charge in [0.2, 0.25) is 0 Å². The van der Waals surface area contributed by atoms with Crippen LogP contribution in [0.3, 0.4) is 0 Å². The second-order valence-electron chi connectivity index (χ2n) is 5.17. The fraction of sp³-hybridized carbons (Fsp3) is 1.00. The first-order valence-electron chi connectivity index (χ1n) is 6.18. The Balaban J connectivity index is 2.17. The van der Waals surface area contributed by atoms with Gasteiger partial charge in [0, 0.05) is 12.1 Å². The van der Waals surface area contributed by atoms with E-state index in [0.29, 0.717) is 6.04 Å². The highest BCUT2D eigenvalue weighted by molar-refractivity contribution is 4.80. The van der Waals surface area contributed by atoms with Gasteiger partial charge in [0.1, 0.15) is 0 Å². The summed E-state index contributed by atoms with van der Waals surface area (Å²) in [5.74, 6) is 0. The molecule has 15 heavy (non-hydrogen) atoms. The smallest absolute Gasteiger partial charge is 0.0119 e. The summed E-state index contributed by atoms with van der Waals surface area (Å²) in [6.45, 7) is 5.91. The molecule has 0 aromatic heterocycles. The Labute approximate surface area is 94.8 Å². The minimum absolute atomic E-state index is 0.694. The molecule has 0 saturated carbocycles. The fourth-order valence-corrected chi connectivity index (χ4v) is 2.32. The van der Waals surface area contributed by atoms with Crippen molar-refractivity contribution >= 4 is 0 Å². The lowest BCUT2D eigenvalue weighted by atomic mass is 9.99. The Morgan fingerprint density at radius 2 is 1.93 bits per heavy atom. The molecule has 90 valence electrons. The van der Waals surface area contributed by atoms with Crippen LogP contribution in [0, 0.1) is 0 Å². The van der Waals surface area contributed by atoms with E-state index < -0.39 is 0 Å². The molecule has 1 heterocycles. The van der Waals surface area contributed by atoms with Crippen LogP contribution >= 0.6 is 0 Å². The van der Waals surface area contributed by atoms with Gasteiger partial charge in [0.25, 0.3) is 0 Å². The van der Waals surface area contributed by atoms with Crippen molar-refractivity contribution in [3.63, 3.8) is 0 Å². The molecular formula is C12H27N3. The number of hydrogen-bond donors (Lipinski definition) is 1. The van der Waals surface area contributed by atoms with E-state index in [9.17, 15) is 0 Å². The average molecular weight is 213 g/mol. The molecule has 0 spiro atoms. The average Bonchev–Trinajstić information content (AvgIpc) is 2.17. The largest absolute Gasteiger partial charge is 0.314 e. The van der Waals surface area contributed by atoms with Gasteiger partial charge in [0.05, 0.1) is 0 Å². The van der Waals surface area contributed by atoms with Crippen molar-refractivity contribution in [3.05, 3.63) is 0 Å². The normalized spacial score (nSPS) is 27.6. The first-order valence-corrected chi connectivity index (χ1v) is 6.18. The molecule has 1 fully saturated rings. The van der Waals surface area contributed by atoms with Gasteiger partial charge >= 0.3 is 0 Å². The zero-order valence-corrected chi connectivity index (χ0v) is 10.8. The van der Waals surface area contributed by atoms with E-state index in [0.717, 1.165) is 6.04 Å². The van der Waals surface area contributed by atoms with E-state index in [2.05, 4.69) is 43.2 Å². The highest BCUT2D eigenvalue weighted by Gasteiger charge is 2.21. The number of nitrogens with one attached hydrogen (secondary N) is 1. The molecule has 2 atom stereocenters. The van der Waals surface area contributed by atoms with Crippen molar-refractivity contribution in [2.24, 2.45) is 0 Å². The summed E-state index contributed by atoms with van der Waals surface area (Å²) in [5, 5.41) is 3.51. The Kier molecular flexibility index (Phi) is 5.58. The fourth-order valence-electron chi connectivity index (χ4n) is 2.32. The second-order valence-corrected chi connectivity index (χ2v) is 5.17. The standard InChI is InChI=1S/C12H27N3/c1-11-10-12(6-7-13-11)15(4)9-5-8-14(2)3/h11-13H,5-10H2,1-4H3. The van der Waals surface area contributed by atoms with Crippen LogP contribution in [0.1, 0.15) is 26.2 Å². The highest BCUT2D eigenvalue weighted by atomic mass is 15.1. The van der Waals surface area contributed by atoms with E-state index in [1.54, 1.807) is 0 Å². The van der Waals surface area contributed by atoms with E-state index in [4.69, 9.17) is 0 Å². The first kappa shape index (κ1) is 12.9. The third-order valence-corrected chi connectivity index (χ3v) is 3.34. The molecule has 0 amide bonds. The summed E-state index contributed by atoms with van der Waals surface area (Å²) in [6.07, 6.45) is 3.89. The molecule has 0 bridgehead atoms. The maximum Gasteiger partial charge on any atom is 0.0119 e. The van der Waals surface area contributed by atoms with E-state index >= 15 is 0 Å². The molecule has 1 N–H and O–H groups in total. The molecule has 1 rings (SSSR count). The van der Waals surface area contributed by atoms with Gasteiger partial charge in [-0.3, -0.25) is 0 Å². The maximum atomic E-state index is 3.51. The SMILES string of the molecule is CC1CC(N(C)CCCN(C)C)CCN1. The Morgan fingerprint density at radius 3 is 2.53 bits per heavy atom. The quantitative estimate of drug-likeness (QED) is 0.735.